The monoisotopic (exact) mass is 1030 g/mol. The number of benzene rings is 6. The molecule has 0 bridgehead atoms. The van der Waals surface area contributed by atoms with Crippen LogP contribution >= 0.6 is 15.8 Å². The molecule has 13 heteroatoms. The summed E-state index contributed by atoms with van der Waals surface area (Å²) in [5, 5.41) is 6.73. The van der Waals surface area contributed by atoms with Gasteiger partial charge in [0.25, 0.3) is 0 Å². The summed E-state index contributed by atoms with van der Waals surface area (Å²) in [6.07, 6.45) is 0. The summed E-state index contributed by atoms with van der Waals surface area (Å²) in [4.78, 5) is 9.68. The van der Waals surface area contributed by atoms with Gasteiger partial charge in [-0.3, -0.25) is 0 Å². The maximum atomic E-state index is 6.15. The van der Waals surface area contributed by atoms with E-state index in [1.165, 1.54) is 21.2 Å². The van der Waals surface area contributed by atoms with Gasteiger partial charge in [0.1, 0.15) is 0 Å². The van der Waals surface area contributed by atoms with E-state index in [0.717, 1.165) is 32.9 Å². The van der Waals surface area contributed by atoms with Crippen molar-refractivity contribution in [1.82, 2.24) is 9.97 Å². The van der Waals surface area contributed by atoms with Gasteiger partial charge in [0.2, 0.25) is 23.5 Å². The van der Waals surface area contributed by atoms with Crippen molar-refractivity contribution < 1.29 is 63.2 Å². The topological polar surface area (TPSA) is 115 Å². The SMILES string of the molecule is COc1cc(P(c2ccccc2)c2ccccc2)c(-c2c(P(c3ccccc3)c3ccccc3)cc(OC)nc2OC)c(OC)n1.NC(c1ccccc1)C(N)c1ccccc1.[Cl-].[Cl-].[Ru+2]. The Bertz CT molecular complexity index is 2370. The van der Waals surface area contributed by atoms with Crippen molar-refractivity contribution in [3.63, 3.8) is 0 Å². The van der Waals surface area contributed by atoms with Crippen LogP contribution in [0.25, 0.3) is 11.1 Å². The van der Waals surface area contributed by atoms with Crippen LogP contribution in [-0.2, 0) is 19.5 Å². The number of rotatable bonds is 14. The van der Waals surface area contributed by atoms with Crippen molar-refractivity contribution in [1.29, 1.82) is 0 Å². The number of pyridine rings is 2. The van der Waals surface area contributed by atoms with E-state index in [0.29, 0.717) is 23.5 Å². The third-order valence-electron chi connectivity index (χ3n) is 10.2. The summed E-state index contributed by atoms with van der Waals surface area (Å²) in [6, 6.07) is 65.8. The van der Waals surface area contributed by atoms with Gasteiger partial charge in [-0.15, -0.1) is 0 Å². The normalized spacial score (nSPS) is 11.3. The van der Waals surface area contributed by atoms with Gasteiger partial charge in [-0.05, 0) is 48.2 Å². The van der Waals surface area contributed by atoms with Crippen LogP contribution in [0.1, 0.15) is 23.2 Å². The molecule has 6 aromatic carbocycles. The maximum absolute atomic E-state index is 6.15. The second-order valence-electron chi connectivity index (χ2n) is 14.0. The van der Waals surface area contributed by atoms with E-state index in [4.69, 9.17) is 40.4 Å². The zero-order chi connectivity index (χ0) is 43.3. The Kier molecular flexibility index (Phi) is 21.0. The standard InChI is InChI=1S/C38H34N2O4P2.C14H16N2.2ClH.Ru/c1-41-33-25-31(45(27-17-9-5-10-18-27)28-19-11-6-12-20-28)35(37(39-33)43-3)36-32(26-34(42-2)40-38(36)44-4)46(29-21-13-7-14-22-29)30-23-15-8-16-24-30;15-13(11-7-3-1-4-8-11)14(16)12-9-5-2-6-10-12;;;/h5-26H,1-4H3;1-10,13-14H,15-16H2;2*1H;/q;;;;+2/p-2. The molecule has 0 saturated carbocycles. The molecule has 0 amide bonds. The number of aromatic nitrogens is 2. The van der Waals surface area contributed by atoms with E-state index in [-0.39, 0.29) is 56.4 Å². The largest absolute Gasteiger partial charge is 2.00 e. The molecule has 0 saturated heterocycles. The van der Waals surface area contributed by atoms with Crippen molar-refractivity contribution in [2.24, 2.45) is 11.5 Å². The van der Waals surface area contributed by atoms with Crippen molar-refractivity contribution >= 4 is 47.7 Å². The predicted octanol–water partition coefficient (Wildman–Crippen LogP) is 2.09. The summed E-state index contributed by atoms with van der Waals surface area (Å²) >= 11 is 0. The molecule has 2 aromatic heterocycles. The summed E-state index contributed by atoms with van der Waals surface area (Å²) in [5.41, 5.74) is 16.0. The molecular formula is C52H50Cl2N4O4P2Ru. The fourth-order valence-electron chi connectivity index (χ4n) is 7.23. The molecule has 0 aliphatic heterocycles. The second-order valence-corrected chi connectivity index (χ2v) is 18.4. The molecule has 0 radical (unpaired) electrons. The minimum atomic E-state index is -1.11. The summed E-state index contributed by atoms with van der Waals surface area (Å²) in [5.74, 6) is 1.78. The first-order valence-corrected chi connectivity index (χ1v) is 22.8. The molecule has 4 N–H and O–H groups in total. The fraction of sp³-hybridized carbons (Fsp3) is 0.115. The van der Waals surface area contributed by atoms with Gasteiger partial charge in [0.15, 0.2) is 0 Å². The van der Waals surface area contributed by atoms with E-state index in [2.05, 4.69) is 97.1 Å². The molecule has 2 unspecified atom stereocenters. The summed E-state index contributed by atoms with van der Waals surface area (Å²) in [6.45, 7) is 0. The minimum Gasteiger partial charge on any atom is -1.00 e. The Labute approximate surface area is 410 Å². The Morgan fingerprint density at radius 1 is 0.385 bits per heavy atom. The number of methoxy groups -OCH3 is 4. The van der Waals surface area contributed by atoms with Gasteiger partial charge in [0, 0.05) is 34.8 Å². The van der Waals surface area contributed by atoms with Crippen molar-refractivity contribution in [3.8, 4) is 34.6 Å². The predicted molar refractivity (Wildman–Crippen MR) is 258 cm³/mol. The van der Waals surface area contributed by atoms with Crippen molar-refractivity contribution in [3.05, 3.63) is 205 Å². The molecule has 0 fully saturated rings. The van der Waals surface area contributed by atoms with Crippen LogP contribution in [0.15, 0.2) is 194 Å². The molecule has 2 atom stereocenters. The quantitative estimate of drug-likeness (QED) is 0.126. The minimum absolute atomic E-state index is 0. The van der Waals surface area contributed by atoms with E-state index in [1.807, 2.05) is 97.1 Å². The number of halogens is 2. The van der Waals surface area contributed by atoms with E-state index < -0.39 is 15.8 Å². The second kappa shape index (κ2) is 26.1. The first-order chi connectivity index (χ1) is 30.4. The average Bonchev–Trinajstić information content (AvgIpc) is 3.35. The Morgan fingerprint density at radius 2 is 0.631 bits per heavy atom. The van der Waals surface area contributed by atoms with Crippen LogP contribution in [0, 0.1) is 0 Å². The average molecular weight is 1030 g/mol. The van der Waals surface area contributed by atoms with Gasteiger partial charge < -0.3 is 55.2 Å². The zero-order valence-corrected chi connectivity index (χ0v) is 41.4. The van der Waals surface area contributed by atoms with E-state index in [1.54, 1.807) is 28.4 Å². The van der Waals surface area contributed by atoms with Gasteiger partial charge >= 0.3 is 19.5 Å². The Morgan fingerprint density at radius 3 is 0.862 bits per heavy atom. The maximum Gasteiger partial charge on any atom is 2.00 e. The van der Waals surface area contributed by atoms with E-state index >= 15 is 0 Å². The first-order valence-electron chi connectivity index (χ1n) is 20.1. The zero-order valence-electron chi connectivity index (χ0n) is 36.3. The molecule has 0 aliphatic rings. The molecular weight excluding hydrogens is 979 g/mol. The number of nitrogens with two attached hydrogens (primary N) is 2. The van der Waals surface area contributed by atoms with Crippen LogP contribution in [0.3, 0.4) is 0 Å². The third-order valence-corrected chi connectivity index (χ3v) is 15.2. The van der Waals surface area contributed by atoms with Crippen LogP contribution in [0.5, 0.6) is 23.5 Å². The number of ether oxygens (including phenoxy) is 4. The number of nitrogens with zero attached hydrogens (tertiary/aromatic N) is 2. The molecule has 8 rings (SSSR count). The van der Waals surface area contributed by atoms with Crippen LogP contribution in [0.2, 0.25) is 0 Å². The first kappa shape index (κ1) is 52.4. The summed E-state index contributed by atoms with van der Waals surface area (Å²) < 4.78 is 23.8. The van der Waals surface area contributed by atoms with Crippen LogP contribution < -0.4 is 87.1 Å². The van der Waals surface area contributed by atoms with Gasteiger partial charge in [-0.1, -0.05) is 182 Å². The van der Waals surface area contributed by atoms with Gasteiger partial charge in [-0.2, -0.15) is 9.97 Å². The molecule has 8 nitrogen and oxygen atoms in total. The molecule has 8 aromatic rings. The smallest absolute Gasteiger partial charge is 1.00 e. The molecule has 0 aliphatic carbocycles. The molecule has 0 spiro atoms. The Hall–Kier alpha value is -5.20. The molecule has 334 valence electrons. The fourth-order valence-corrected chi connectivity index (χ4v) is 12.2. The van der Waals surface area contributed by atoms with Gasteiger partial charge in [0.05, 0.1) is 39.6 Å². The third kappa shape index (κ3) is 12.6. The van der Waals surface area contributed by atoms with Crippen LogP contribution in [-0.4, -0.2) is 38.4 Å². The van der Waals surface area contributed by atoms with Crippen molar-refractivity contribution in [2.45, 2.75) is 12.1 Å². The van der Waals surface area contributed by atoms with Crippen molar-refractivity contribution in [2.75, 3.05) is 28.4 Å². The van der Waals surface area contributed by atoms with Crippen LogP contribution in [0.4, 0.5) is 0 Å². The molecule has 65 heavy (non-hydrogen) atoms. The summed E-state index contributed by atoms with van der Waals surface area (Å²) in [7, 11) is 4.32. The number of hydrogen-bond acceptors (Lipinski definition) is 8. The molecule has 2 heterocycles. The Balaban J connectivity index is 0.000000412. The number of hydrogen-bond donors (Lipinski definition) is 2. The van der Waals surface area contributed by atoms with Gasteiger partial charge in [-0.25, -0.2) is 0 Å². The van der Waals surface area contributed by atoms with E-state index in [9.17, 15) is 0 Å².